The summed E-state index contributed by atoms with van der Waals surface area (Å²) in [6.45, 7) is 3.86. The van der Waals surface area contributed by atoms with Crippen LogP contribution in [0.4, 0.5) is 10.5 Å². The molecule has 0 atom stereocenters. The van der Waals surface area contributed by atoms with Crippen LogP contribution in [0.25, 0.3) is 0 Å². The number of benzene rings is 1. The molecule has 0 aromatic heterocycles. The maximum Gasteiger partial charge on any atom is 0.324 e. The fraction of sp³-hybridized carbons (Fsp3) is 0.680. The minimum atomic E-state index is -0.725. The predicted octanol–water partition coefficient (Wildman–Crippen LogP) is 2.82. The van der Waals surface area contributed by atoms with Crippen molar-refractivity contribution in [1.29, 1.82) is 0 Å². The van der Waals surface area contributed by atoms with Gasteiger partial charge < -0.3 is 14.9 Å². The first-order valence-corrected chi connectivity index (χ1v) is 12.4. The summed E-state index contributed by atoms with van der Waals surface area (Å²) in [7, 11) is 2.18. The van der Waals surface area contributed by atoms with Crippen LogP contribution in [0.3, 0.4) is 0 Å². The standard InChI is InChI=1S/C25H36N4O3/c1-26-12-10-18-2-3-23(16-19(18)11-13-26)28-15-14-27(25(28)32)20-4-6-21(7-5-20)29(17-24(30)31)22-8-9-22/h2-3,16,20-22H,4-15,17H2,1H3,(H,30,31). The number of aliphatic carboxylic acids is 1. The Kier molecular flexibility index (Phi) is 6.12. The molecule has 7 heteroatoms. The largest absolute Gasteiger partial charge is 0.480 e. The number of rotatable bonds is 6. The normalized spacial score (nSPS) is 27.0. The predicted molar refractivity (Wildman–Crippen MR) is 124 cm³/mol. The molecule has 1 aromatic rings. The number of hydrogen-bond donors (Lipinski definition) is 1. The molecular weight excluding hydrogens is 404 g/mol. The lowest BCUT2D eigenvalue weighted by Crippen LogP contribution is -2.47. The van der Waals surface area contributed by atoms with Crippen molar-refractivity contribution in [2.45, 2.75) is 69.5 Å². The summed E-state index contributed by atoms with van der Waals surface area (Å²) in [6, 6.07) is 7.83. The molecule has 2 amide bonds. The van der Waals surface area contributed by atoms with Crippen LogP contribution >= 0.6 is 0 Å². The van der Waals surface area contributed by atoms with Gasteiger partial charge in [0.15, 0.2) is 0 Å². The van der Waals surface area contributed by atoms with E-state index in [1.165, 1.54) is 11.1 Å². The van der Waals surface area contributed by atoms with Gasteiger partial charge in [0.25, 0.3) is 0 Å². The Hall–Kier alpha value is -2.12. The Morgan fingerprint density at radius 2 is 1.62 bits per heavy atom. The second-order valence-electron chi connectivity index (χ2n) is 10.1. The van der Waals surface area contributed by atoms with Gasteiger partial charge in [0, 0.05) is 50.0 Å². The van der Waals surface area contributed by atoms with Gasteiger partial charge in [0.05, 0.1) is 6.54 Å². The first-order valence-electron chi connectivity index (χ1n) is 12.4. The van der Waals surface area contributed by atoms with Gasteiger partial charge in [-0.3, -0.25) is 14.6 Å². The molecular formula is C25H36N4O3. The number of carboxylic acids is 1. The summed E-state index contributed by atoms with van der Waals surface area (Å²) in [5, 5.41) is 9.29. The smallest absolute Gasteiger partial charge is 0.324 e. The highest BCUT2D eigenvalue weighted by molar-refractivity contribution is 5.94. The fourth-order valence-electron chi connectivity index (χ4n) is 5.94. The average Bonchev–Trinajstić information content (AvgIpc) is 3.58. The Labute approximate surface area is 190 Å². The van der Waals surface area contributed by atoms with Gasteiger partial charge >= 0.3 is 12.0 Å². The van der Waals surface area contributed by atoms with Crippen LogP contribution in [-0.2, 0) is 17.6 Å². The van der Waals surface area contributed by atoms with E-state index >= 15 is 0 Å². The molecule has 0 bridgehead atoms. The molecule has 2 saturated carbocycles. The Balaban J connectivity index is 1.21. The van der Waals surface area contributed by atoms with Crippen molar-refractivity contribution < 1.29 is 14.7 Å². The maximum atomic E-state index is 13.3. The van der Waals surface area contributed by atoms with Crippen LogP contribution in [0, 0.1) is 0 Å². The zero-order chi connectivity index (χ0) is 22.2. The number of carbonyl (C=O) groups is 2. The quantitative estimate of drug-likeness (QED) is 0.737. The third kappa shape index (κ3) is 4.50. The lowest BCUT2D eigenvalue weighted by molar-refractivity contribution is -0.139. The van der Waals surface area contributed by atoms with Crippen molar-refractivity contribution in [1.82, 2.24) is 14.7 Å². The first kappa shape index (κ1) is 21.7. The summed E-state index contributed by atoms with van der Waals surface area (Å²) < 4.78 is 0. The van der Waals surface area contributed by atoms with Gasteiger partial charge in [-0.25, -0.2) is 4.79 Å². The van der Waals surface area contributed by atoms with Crippen molar-refractivity contribution in [3.63, 3.8) is 0 Å². The van der Waals surface area contributed by atoms with Crippen molar-refractivity contribution in [2.75, 3.05) is 44.7 Å². The summed E-state index contributed by atoms with van der Waals surface area (Å²) in [6.07, 6.45) is 8.31. The summed E-state index contributed by atoms with van der Waals surface area (Å²) in [4.78, 5) is 33.2. The molecule has 7 nitrogen and oxygen atoms in total. The minimum absolute atomic E-state index is 0.142. The summed E-state index contributed by atoms with van der Waals surface area (Å²) in [5.74, 6) is -0.725. The van der Waals surface area contributed by atoms with Gasteiger partial charge in [0.1, 0.15) is 0 Å². The molecule has 2 aliphatic carbocycles. The number of fused-ring (bicyclic) bond motifs is 1. The monoisotopic (exact) mass is 440 g/mol. The summed E-state index contributed by atoms with van der Waals surface area (Å²) in [5.41, 5.74) is 3.84. The van der Waals surface area contributed by atoms with Crippen LogP contribution in [0.1, 0.15) is 49.7 Å². The number of nitrogens with zero attached hydrogens (tertiary/aromatic N) is 4. The van der Waals surface area contributed by atoms with Crippen molar-refractivity contribution in [3.8, 4) is 0 Å². The highest BCUT2D eigenvalue weighted by atomic mass is 16.4. The Morgan fingerprint density at radius 1 is 0.969 bits per heavy atom. The third-order valence-corrected chi connectivity index (χ3v) is 7.98. The van der Waals surface area contributed by atoms with Crippen LogP contribution in [0.5, 0.6) is 0 Å². The molecule has 2 aliphatic heterocycles. The number of urea groups is 1. The Bertz CT molecular complexity index is 863. The van der Waals surface area contributed by atoms with Gasteiger partial charge in [-0.15, -0.1) is 0 Å². The van der Waals surface area contributed by atoms with E-state index in [-0.39, 0.29) is 18.6 Å². The molecule has 0 unspecified atom stereocenters. The number of carbonyl (C=O) groups excluding carboxylic acids is 1. The molecule has 0 radical (unpaired) electrons. The number of anilines is 1. The molecule has 3 fully saturated rings. The van der Waals surface area contributed by atoms with Crippen molar-refractivity contribution in [2.24, 2.45) is 0 Å². The molecule has 1 aromatic carbocycles. The number of likely N-dealkylation sites (N-methyl/N-ethyl adjacent to an activating group) is 1. The maximum absolute atomic E-state index is 13.3. The Morgan fingerprint density at radius 3 is 2.28 bits per heavy atom. The summed E-state index contributed by atoms with van der Waals surface area (Å²) >= 11 is 0. The van der Waals surface area contributed by atoms with Crippen LogP contribution < -0.4 is 4.90 Å². The van der Waals surface area contributed by atoms with E-state index in [9.17, 15) is 14.7 Å². The highest BCUT2D eigenvalue weighted by Gasteiger charge is 2.40. The average molecular weight is 441 g/mol. The second-order valence-corrected chi connectivity index (χ2v) is 10.1. The number of amides is 2. The molecule has 1 N–H and O–H groups in total. The lowest BCUT2D eigenvalue weighted by atomic mass is 9.89. The van der Waals surface area contributed by atoms with Crippen molar-refractivity contribution >= 4 is 17.7 Å². The van der Waals surface area contributed by atoms with E-state index in [1.54, 1.807) is 0 Å². The fourth-order valence-corrected chi connectivity index (χ4v) is 5.94. The van der Waals surface area contributed by atoms with Gasteiger partial charge in [-0.1, -0.05) is 6.07 Å². The van der Waals surface area contributed by atoms with E-state index in [2.05, 4.69) is 39.9 Å². The first-order chi connectivity index (χ1) is 15.5. The van der Waals surface area contributed by atoms with E-state index in [0.29, 0.717) is 12.1 Å². The van der Waals surface area contributed by atoms with Gasteiger partial charge in [0.2, 0.25) is 0 Å². The van der Waals surface area contributed by atoms with E-state index < -0.39 is 5.97 Å². The minimum Gasteiger partial charge on any atom is -0.480 e. The second kappa shape index (κ2) is 9.02. The molecule has 1 saturated heterocycles. The number of carboxylic acid groups (broad SMARTS) is 1. The molecule has 174 valence electrons. The van der Waals surface area contributed by atoms with Crippen LogP contribution in [0.15, 0.2) is 18.2 Å². The zero-order valence-corrected chi connectivity index (χ0v) is 19.2. The van der Waals surface area contributed by atoms with E-state index in [4.69, 9.17) is 0 Å². The molecule has 0 spiro atoms. The van der Waals surface area contributed by atoms with E-state index in [0.717, 1.165) is 83.2 Å². The topological polar surface area (TPSA) is 67.3 Å². The zero-order valence-electron chi connectivity index (χ0n) is 19.2. The molecule has 4 aliphatic rings. The van der Waals surface area contributed by atoms with Crippen molar-refractivity contribution in [3.05, 3.63) is 29.3 Å². The molecule has 5 rings (SSSR count). The SMILES string of the molecule is CN1CCc2ccc(N3CCN(C4CCC(N(CC(=O)O)C5CC5)CC4)C3=O)cc2CC1. The lowest BCUT2D eigenvalue weighted by Gasteiger charge is -2.39. The number of hydrogen-bond acceptors (Lipinski definition) is 4. The van der Waals surface area contributed by atoms with Gasteiger partial charge in [-0.05, 0) is 81.7 Å². The molecule has 32 heavy (non-hydrogen) atoms. The van der Waals surface area contributed by atoms with Crippen LogP contribution in [0.2, 0.25) is 0 Å². The molecule has 2 heterocycles. The van der Waals surface area contributed by atoms with Crippen LogP contribution in [-0.4, -0.2) is 89.7 Å². The van der Waals surface area contributed by atoms with E-state index in [1.807, 2.05) is 4.90 Å². The van der Waals surface area contributed by atoms with Gasteiger partial charge in [-0.2, -0.15) is 0 Å². The highest BCUT2D eigenvalue weighted by Crippen LogP contribution is 2.36. The third-order valence-electron chi connectivity index (χ3n) is 7.98.